The zero-order valence-corrected chi connectivity index (χ0v) is 13.5. The molecule has 2 N–H and O–H groups in total. The molecule has 0 aromatic carbocycles. The molecule has 2 aromatic rings. The third kappa shape index (κ3) is 2.47. The largest absolute Gasteiger partial charge is 0.389 e. The summed E-state index contributed by atoms with van der Waals surface area (Å²) < 4.78 is 0. The Hall–Kier alpha value is -1.00. The number of nitrogens with two attached hydrogens (primary N) is 1. The summed E-state index contributed by atoms with van der Waals surface area (Å²) >= 11 is 6.91. The molecule has 4 heteroatoms. The first-order valence-electron chi connectivity index (χ1n) is 7.44. The molecule has 0 bridgehead atoms. The Kier molecular flexibility index (Phi) is 4.03. The molecule has 2 nitrogen and oxygen atoms in total. The monoisotopic (exact) mass is 304 g/mol. The molecule has 0 fully saturated rings. The molecule has 0 saturated heterocycles. The van der Waals surface area contributed by atoms with Crippen molar-refractivity contribution in [2.45, 2.75) is 51.9 Å². The average Bonchev–Trinajstić information content (AvgIpc) is 2.80. The summed E-state index contributed by atoms with van der Waals surface area (Å²) in [5.41, 5.74) is 9.98. The zero-order chi connectivity index (χ0) is 14.1. The first-order valence-corrected chi connectivity index (χ1v) is 8.67. The van der Waals surface area contributed by atoms with Crippen molar-refractivity contribution in [1.29, 1.82) is 0 Å². The number of hydrogen-bond donors (Lipinski definition) is 1. The second kappa shape index (κ2) is 5.78. The molecule has 0 unspecified atom stereocenters. The number of pyridine rings is 1. The first-order chi connectivity index (χ1) is 9.70. The summed E-state index contributed by atoms with van der Waals surface area (Å²) in [7, 11) is 0. The highest BCUT2D eigenvalue weighted by atomic mass is 32.1. The molecule has 0 atom stereocenters. The lowest BCUT2D eigenvalue weighted by Gasteiger charge is -2.14. The van der Waals surface area contributed by atoms with E-state index in [4.69, 9.17) is 22.9 Å². The number of unbranched alkanes of at least 4 members (excludes halogenated alkanes) is 1. The lowest BCUT2D eigenvalue weighted by Crippen LogP contribution is -2.09. The van der Waals surface area contributed by atoms with Gasteiger partial charge in [0.15, 0.2) is 0 Å². The van der Waals surface area contributed by atoms with E-state index in [0.29, 0.717) is 4.99 Å². The van der Waals surface area contributed by atoms with Crippen molar-refractivity contribution in [3.63, 3.8) is 0 Å². The second-order valence-electron chi connectivity index (χ2n) is 5.53. The maximum Gasteiger partial charge on any atom is 0.124 e. The molecule has 3 rings (SSSR count). The zero-order valence-electron chi connectivity index (χ0n) is 11.9. The summed E-state index contributed by atoms with van der Waals surface area (Å²) in [4.78, 5) is 7.62. The maximum atomic E-state index is 5.92. The molecule has 1 aliphatic carbocycles. The number of thiocarbonyl (C=S) groups is 1. The number of rotatable bonds is 4. The summed E-state index contributed by atoms with van der Waals surface area (Å²) in [5, 5.41) is 1.30. The molecule has 0 saturated carbocycles. The Bertz CT molecular complexity index is 658. The van der Waals surface area contributed by atoms with E-state index < -0.39 is 0 Å². The van der Waals surface area contributed by atoms with Gasteiger partial charge in [-0.25, -0.2) is 4.98 Å². The quantitative estimate of drug-likeness (QED) is 0.862. The van der Waals surface area contributed by atoms with E-state index in [1.807, 2.05) is 0 Å². The molecule has 0 spiro atoms. The van der Waals surface area contributed by atoms with E-state index in [2.05, 4.69) is 13.0 Å². The van der Waals surface area contributed by atoms with Gasteiger partial charge in [0.05, 0.1) is 4.88 Å². The fourth-order valence-corrected chi connectivity index (χ4v) is 4.32. The normalized spacial score (nSPS) is 14.4. The number of hydrogen-bond acceptors (Lipinski definition) is 3. The Morgan fingerprint density at radius 1 is 1.40 bits per heavy atom. The van der Waals surface area contributed by atoms with Gasteiger partial charge in [-0.05, 0) is 55.7 Å². The first kappa shape index (κ1) is 14.0. The molecular weight excluding hydrogens is 284 g/mol. The van der Waals surface area contributed by atoms with E-state index in [1.54, 1.807) is 11.3 Å². The van der Waals surface area contributed by atoms with Crippen LogP contribution >= 0.6 is 23.6 Å². The predicted octanol–water partition coefficient (Wildman–Crippen LogP) is 4.15. The Morgan fingerprint density at radius 2 is 2.20 bits per heavy atom. The molecule has 2 heterocycles. The fourth-order valence-electron chi connectivity index (χ4n) is 2.99. The van der Waals surface area contributed by atoms with Crippen LogP contribution in [0.15, 0.2) is 6.07 Å². The minimum atomic E-state index is 0.525. The molecule has 106 valence electrons. The second-order valence-corrected chi connectivity index (χ2v) is 6.97. The Balaban J connectivity index is 2.16. The fraction of sp³-hybridized carbons (Fsp3) is 0.500. The molecule has 0 amide bonds. The maximum absolute atomic E-state index is 5.92. The lowest BCUT2D eigenvalue weighted by molar-refractivity contribution is 0.671. The van der Waals surface area contributed by atoms with Gasteiger partial charge in [-0.1, -0.05) is 25.6 Å². The van der Waals surface area contributed by atoms with Crippen LogP contribution in [0.3, 0.4) is 0 Å². The van der Waals surface area contributed by atoms with Crippen LogP contribution in [0.25, 0.3) is 10.2 Å². The number of nitrogens with zero attached hydrogens (tertiary/aromatic N) is 1. The van der Waals surface area contributed by atoms with Crippen molar-refractivity contribution in [2.75, 3.05) is 0 Å². The van der Waals surface area contributed by atoms with Crippen LogP contribution in [0.1, 0.15) is 54.3 Å². The molecule has 1 aliphatic rings. The van der Waals surface area contributed by atoms with Gasteiger partial charge in [-0.2, -0.15) is 0 Å². The van der Waals surface area contributed by atoms with Gasteiger partial charge in [-0.3, -0.25) is 0 Å². The minimum absolute atomic E-state index is 0.525. The summed E-state index contributed by atoms with van der Waals surface area (Å²) in [6, 6.07) is 2.36. The van der Waals surface area contributed by atoms with Gasteiger partial charge < -0.3 is 5.73 Å². The van der Waals surface area contributed by atoms with E-state index in [-0.39, 0.29) is 0 Å². The van der Waals surface area contributed by atoms with E-state index in [0.717, 1.165) is 22.5 Å². The number of aryl methyl sites for hydroxylation is 3. The molecule has 0 radical (unpaired) electrons. The smallest absolute Gasteiger partial charge is 0.124 e. The van der Waals surface area contributed by atoms with Gasteiger partial charge in [0.2, 0.25) is 0 Å². The SMILES string of the molecule is CCCCc1c(C(N)=S)sc2nc3c(cc12)CCCC3. The summed E-state index contributed by atoms with van der Waals surface area (Å²) in [5.74, 6) is 0. The van der Waals surface area contributed by atoms with Crippen LogP contribution in [0, 0.1) is 0 Å². The number of fused-ring (bicyclic) bond motifs is 2. The van der Waals surface area contributed by atoms with Crippen molar-refractivity contribution in [1.82, 2.24) is 4.98 Å². The van der Waals surface area contributed by atoms with Crippen LogP contribution in [-0.2, 0) is 19.3 Å². The summed E-state index contributed by atoms with van der Waals surface area (Å²) in [6.07, 6.45) is 8.27. The topological polar surface area (TPSA) is 38.9 Å². The average molecular weight is 304 g/mol. The van der Waals surface area contributed by atoms with E-state index >= 15 is 0 Å². The molecule has 0 aliphatic heterocycles. The highest BCUT2D eigenvalue weighted by Crippen LogP contribution is 2.34. The van der Waals surface area contributed by atoms with Gasteiger partial charge in [0.1, 0.15) is 9.82 Å². The summed E-state index contributed by atoms with van der Waals surface area (Å²) in [6.45, 7) is 2.22. The van der Waals surface area contributed by atoms with Crippen LogP contribution in [0.5, 0.6) is 0 Å². The minimum Gasteiger partial charge on any atom is -0.389 e. The highest BCUT2D eigenvalue weighted by molar-refractivity contribution is 7.81. The van der Waals surface area contributed by atoms with Gasteiger partial charge in [0, 0.05) is 11.1 Å². The van der Waals surface area contributed by atoms with Crippen molar-refractivity contribution in [3.05, 3.63) is 27.8 Å². The van der Waals surface area contributed by atoms with Crippen LogP contribution < -0.4 is 5.73 Å². The van der Waals surface area contributed by atoms with Gasteiger partial charge in [-0.15, -0.1) is 11.3 Å². The van der Waals surface area contributed by atoms with Crippen LogP contribution in [0.2, 0.25) is 0 Å². The number of aromatic nitrogens is 1. The molecular formula is C16H20N2S2. The molecule has 2 aromatic heterocycles. The number of thiophene rings is 1. The Labute approximate surface area is 129 Å². The standard InChI is InChI=1S/C16H20N2S2/c1-2-3-7-11-12-9-10-6-4-5-8-13(10)18-16(12)20-14(11)15(17)19/h9H,2-8H2,1H3,(H2,17,19). The van der Waals surface area contributed by atoms with Gasteiger partial charge >= 0.3 is 0 Å². The van der Waals surface area contributed by atoms with E-state index in [9.17, 15) is 0 Å². The van der Waals surface area contributed by atoms with Gasteiger partial charge in [0.25, 0.3) is 0 Å². The lowest BCUT2D eigenvalue weighted by atomic mass is 9.94. The van der Waals surface area contributed by atoms with Crippen molar-refractivity contribution in [3.8, 4) is 0 Å². The third-order valence-electron chi connectivity index (χ3n) is 4.07. The molecule has 20 heavy (non-hydrogen) atoms. The highest BCUT2D eigenvalue weighted by Gasteiger charge is 2.18. The van der Waals surface area contributed by atoms with E-state index in [1.165, 1.54) is 54.3 Å². The Morgan fingerprint density at radius 3 is 2.95 bits per heavy atom. The van der Waals surface area contributed by atoms with Crippen LogP contribution in [0.4, 0.5) is 0 Å². The van der Waals surface area contributed by atoms with Crippen LogP contribution in [-0.4, -0.2) is 9.97 Å². The van der Waals surface area contributed by atoms with Crippen molar-refractivity contribution in [2.24, 2.45) is 5.73 Å². The predicted molar refractivity (Wildman–Crippen MR) is 90.8 cm³/mol. The third-order valence-corrected chi connectivity index (χ3v) is 5.58. The van der Waals surface area contributed by atoms with Crippen molar-refractivity contribution >= 4 is 38.8 Å². The van der Waals surface area contributed by atoms with Crippen molar-refractivity contribution < 1.29 is 0 Å².